The Morgan fingerprint density at radius 3 is 2.87 bits per heavy atom. The van der Waals surface area contributed by atoms with Crippen LogP contribution in [0.4, 0.5) is 0 Å². The predicted molar refractivity (Wildman–Crippen MR) is 86.3 cm³/mol. The molecular weight excluding hydrogens is 294 g/mol. The van der Waals surface area contributed by atoms with E-state index in [0.29, 0.717) is 12.0 Å². The molecule has 0 bridgehead atoms. The van der Waals surface area contributed by atoms with Crippen molar-refractivity contribution < 1.29 is 9.53 Å². The highest BCUT2D eigenvalue weighted by Gasteiger charge is 2.27. The predicted octanol–water partition coefficient (Wildman–Crippen LogP) is 1.16. The van der Waals surface area contributed by atoms with E-state index >= 15 is 0 Å². The summed E-state index contributed by atoms with van der Waals surface area (Å²) in [4.78, 5) is 18.4. The number of likely N-dealkylation sites (tertiary alicyclic amines) is 1. The highest BCUT2D eigenvalue weighted by Crippen LogP contribution is 2.28. The molecule has 128 valence electrons. The molecule has 7 nitrogen and oxygen atoms in total. The topological polar surface area (TPSA) is 83.1 Å². The number of nitrogens with one attached hydrogen (secondary N) is 2. The molecule has 2 aliphatic heterocycles. The van der Waals surface area contributed by atoms with E-state index in [9.17, 15) is 4.79 Å². The van der Waals surface area contributed by atoms with Gasteiger partial charge in [0.05, 0.1) is 6.10 Å². The lowest BCUT2D eigenvalue weighted by Crippen LogP contribution is -2.39. The van der Waals surface area contributed by atoms with E-state index in [1.807, 2.05) is 0 Å². The van der Waals surface area contributed by atoms with Crippen LogP contribution >= 0.6 is 0 Å². The molecule has 0 radical (unpaired) electrons. The Labute approximate surface area is 137 Å². The van der Waals surface area contributed by atoms with Crippen molar-refractivity contribution in [3.63, 3.8) is 0 Å². The molecule has 2 atom stereocenters. The molecule has 3 rings (SSSR count). The third-order valence-electron chi connectivity index (χ3n) is 5.02. The van der Waals surface area contributed by atoms with Crippen LogP contribution in [0.5, 0.6) is 0 Å². The first-order chi connectivity index (χ1) is 11.2. The van der Waals surface area contributed by atoms with Crippen LogP contribution in [0.2, 0.25) is 0 Å². The number of aromatic amines is 1. The maximum absolute atomic E-state index is 11.5. The van der Waals surface area contributed by atoms with Gasteiger partial charge < -0.3 is 15.0 Å². The van der Waals surface area contributed by atoms with Gasteiger partial charge in [-0.2, -0.15) is 0 Å². The molecule has 3 heterocycles. The molecule has 2 saturated heterocycles. The molecule has 2 N–H and O–H groups in total. The van der Waals surface area contributed by atoms with Gasteiger partial charge in [-0.1, -0.05) is 0 Å². The number of nitrogens with zero attached hydrogens (tertiary/aromatic N) is 3. The highest BCUT2D eigenvalue weighted by molar-refractivity contribution is 5.89. The van der Waals surface area contributed by atoms with E-state index in [1.165, 1.54) is 19.4 Å². The van der Waals surface area contributed by atoms with Crippen LogP contribution in [0.3, 0.4) is 0 Å². The van der Waals surface area contributed by atoms with E-state index in [1.54, 1.807) is 7.05 Å². The minimum absolute atomic E-state index is 0.237. The van der Waals surface area contributed by atoms with Crippen molar-refractivity contribution in [2.75, 3.05) is 33.3 Å². The lowest BCUT2D eigenvalue weighted by atomic mass is 9.92. The number of aromatic nitrogens is 3. The van der Waals surface area contributed by atoms with Crippen LogP contribution in [0, 0.1) is 5.92 Å². The summed E-state index contributed by atoms with van der Waals surface area (Å²) in [6.45, 7) is 6.44. The number of hydrogen-bond donors (Lipinski definition) is 2. The molecule has 7 heteroatoms. The van der Waals surface area contributed by atoms with Gasteiger partial charge in [0.25, 0.3) is 5.91 Å². The van der Waals surface area contributed by atoms with Crippen molar-refractivity contribution in [1.29, 1.82) is 0 Å². The second kappa shape index (κ2) is 7.40. The number of piperidine rings is 1. The number of amides is 1. The molecule has 0 saturated carbocycles. The normalized spacial score (nSPS) is 27.0. The van der Waals surface area contributed by atoms with Crippen molar-refractivity contribution in [3.8, 4) is 0 Å². The molecular formula is C16H27N5O2. The Kier molecular flexibility index (Phi) is 5.27. The fourth-order valence-electron chi connectivity index (χ4n) is 3.68. The van der Waals surface area contributed by atoms with E-state index in [4.69, 9.17) is 4.74 Å². The van der Waals surface area contributed by atoms with Crippen LogP contribution in [-0.4, -0.2) is 65.4 Å². The molecule has 1 amide bonds. The number of hydrogen-bond acceptors (Lipinski definition) is 5. The van der Waals surface area contributed by atoms with Crippen LogP contribution in [-0.2, 0) is 4.74 Å². The molecule has 1 aromatic heterocycles. The van der Waals surface area contributed by atoms with Crippen molar-refractivity contribution in [2.45, 2.75) is 44.6 Å². The third kappa shape index (κ3) is 4.09. The third-order valence-corrected chi connectivity index (χ3v) is 5.02. The van der Waals surface area contributed by atoms with E-state index < -0.39 is 0 Å². The molecule has 0 spiro atoms. The molecule has 2 fully saturated rings. The van der Waals surface area contributed by atoms with Gasteiger partial charge in [-0.15, -0.1) is 5.10 Å². The highest BCUT2D eigenvalue weighted by atomic mass is 16.5. The maximum atomic E-state index is 11.5. The number of ether oxygens (including phenoxy) is 1. The molecule has 1 aromatic rings. The first-order valence-corrected chi connectivity index (χ1v) is 8.64. The van der Waals surface area contributed by atoms with Crippen molar-refractivity contribution in [1.82, 2.24) is 25.4 Å². The summed E-state index contributed by atoms with van der Waals surface area (Å²) in [5, 5.41) is 9.49. The fourth-order valence-corrected chi connectivity index (χ4v) is 3.68. The molecule has 0 aliphatic carbocycles. The maximum Gasteiger partial charge on any atom is 0.290 e. The fraction of sp³-hybridized carbons (Fsp3) is 0.812. The quantitative estimate of drug-likeness (QED) is 0.869. The zero-order valence-corrected chi connectivity index (χ0v) is 14.0. The number of carbonyl (C=O) groups is 1. The van der Waals surface area contributed by atoms with Gasteiger partial charge in [-0.3, -0.25) is 9.89 Å². The van der Waals surface area contributed by atoms with Crippen molar-refractivity contribution in [3.05, 3.63) is 11.6 Å². The second-order valence-corrected chi connectivity index (χ2v) is 6.77. The Hall–Kier alpha value is -1.47. The van der Waals surface area contributed by atoms with Crippen LogP contribution in [0.15, 0.2) is 0 Å². The second-order valence-electron chi connectivity index (χ2n) is 6.77. The molecule has 0 aromatic carbocycles. The Bertz CT molecular complexity index is 524. The van der Waals surface area contributed by atoms with Gasteiger partial charge in [-0.05, 0) is 51.6 Å². The summed E-state index contributed by atoms with van der Waals surface area (Å²) in [7, 11) is 1.59. The number of rotatable bonds is 4. The van der Waals surface area contributed by atoms with Crippen LogP contribution in [0.25, 0.3) is 0 Å². The zero-order valence-electron chi connectivity index (χ0n) is 14.0. The Balaban J connectivity index is 1.48. The van der Waals surface area contributed by atoms with Gasteiger partial charge in [0.2, 0.25) is 5.82 Å². The lowest BCUT2D eigenvalue weighted by molar-refractivity contribution is -0.00725. The average molecular weight is 321 g/mol. The van der Waals surface area contributed by atoms with E-state index in [0.717, 1.165) is 44.3 Å². The summed E-state index contributed by atoms with van der Waals surface area (Å²) in [5.74, 6) is 1.99. The van der Waals surface area contributed by atoms with Crippen LogP contribution < -0.4 is 5.32 Å². The first-order valence-electron chi connectivity index (χ1n) is 8.64. The van der Waals surface area contributed by atoms with Gasteiger partial charge in [0.15, 0.2) is 0 Å². The van der Waals surface area contributed by atoms with Gasteiger partial charge in [-0.25, -0.2) is 4.98 Å². The minimum atomic E-state index is -0.237. The lowest BCUT2D eigenvalue weighted by Gasteiger charge is -2.36. The van der Waals surface area contributed by atoms with Crippen molar-refractivity contribution in [2.24, 2.45) is 5.92 Å². The SMILES string of the molecule is CNC(=O)c1n[nH]c(C2CCN(CC3CCOC(C)C3)CC2)n1. The standard InChI is InChI=1S/C16H27N5O2/c1-11-9-12(5-8-23-11)10-21-6-3-13(4-7-21)14-18-15(20-19-14)16(22)17-2/h11-13H,3-10H2,1-2H3,(H,17,22)(H,18,19,20). The zero-order chi connectivity index (χ0) is 16.2. The largest absolute Gasteiger partial charge is 0.378 e. The summed E-state index contributed by atoms with van der Waals surface area (Å²) in [6.07, 6.45) is 4.91. The van der Waals surface area contributed by atoms with Gasteiger partial charge >= 0.3 is 0 Å². The number of H-pyrrole nitrogens is 1. The van der Waals surface area contributed by atoms with Crippen molar-refractivity contribution >= 4 is 5.91 Å². The Morgan fingerprint density at radius 2 is 2.17 bits per heavy atom. The summed E-state index contributed by atoms with van der Waals surface area (Å²) in [6, 6.07) is 0. The summed E-state index contributed by atoms with van der Waals surface area (Å²) in [5.41, 5.74) is 0. The molecule has 2 unspecified atom stereocenters. The first kappa shape index (κ1) is 16.4. The van der Waals surface area contributed by atoms with Gasteiger partial charge in [0.1, 0.15) is 5.82 Å². The molecule has 23 heavy (non-hydrogen) atoms. The average Bonchev–Trinajstić information content (AvgIpc) is 3.05. The van der Waals surface area contributed by atoms with Gasteiger partial charge in [0, 0.05) is 26.1 Å². The summed E-state index contributed by atoms with van der Waals surface area (Å²) < 4.78 is 5.63. The monoisotopic (exact) mass is 321 g/mol. The van der Waals surface area contributed by atoms with E-state index in [-0.39, 0.29) is 11.7 Å². The summed E-state index contributed by atoms with van der Waals surface area (Å²) >= 11 is 0. The van der Waals surface area contributed by atoms with E-state index in [2.05, 4.69) is 32.3 Å². The Morgan fingerprint density at radius 1 is 1.39 bits per heavy atom. The smallest absolute Gasteiger partial charge is 0.290 e. The van der Waals surface area contributed by atoms with Crippen LogP contribution in [0.1, 0.15) is 55.0 Å². The molecule has 2 aliphatic rings. The number of carbonyl (C=O) groups excluding carboxylic acids is 1. The minimum Gasteiger partial charge on any atom is -0.378 e.